The van der Waals surface area contributed by atoms with Crippen LogP contribution in [0, 0.1) is 16.0 Å². The maximum Gasteiger partial charge on any atom is 0.306 e. The predicted molar refractivity (Wildman–Crippen MR) is 67.8 cm³/mol. The Labute approximate surface area is 110 Å². The van der Waals surface area contributed by atoms with Gasteiger partial charge in [-0.25, -0.2) is 0 Å². The number of rotatable bonds is 6. The van der Waals surface area contributed by atoms with Crippen molar-refractivity contribution in [3.8, 4) is 0 Å². The topological polar surface area (TPSA) is 80.4 Å². The van der Waals surface area contributed by atoms with Gasteiger partial charge in [-0.2, -0.15) is 0 Å². The Kier molecular flexibility index (Phi) is 5.09. The van der Waals surface area contributed by atoms with Crippen molar-refractivity contribution in [2.45, 2.75) is 26.2 Å². The summed E-state index contributed by atoms with van der Waals surface area (Å²) >= 11 is 5.93. The van der Waals surface area contributed by atoms with Crippen molar-refractivity contribution < 1.29 is 14.8 Å². The predicted octanol–water partition coefficient (Wildman–Crippen LogP) is 3.29. The summed E-state index contributed by atoms with van der Waals surface area (Å²) in [6.07, 6.45) is 1.62. The molecule has 0 saturated carbocycles. The summed E-state index contributed by atoms with van der Waals surface area (Å²) in [7, 11) is 0. The molecule has 18 heavy (non-hydrogen) atoms. The highest BCUT2D eigenvalue weighted by molar-refractivity contribution is 6.31. The van der Waals surface area contributed by atoms with Crippen LogP contribution in [-0.2, 0) is 11.2 Å². The van der Waals surface area contributed by atoms with E-state index in [1.807, 2.05) is 6.92 Å². The van der Waals surface area contributed by atoms with Crippen LogP contribution in [0.15, 0.2) is 18.2 Å². The molecule has 1 aromatic carbocycles. The molecule has 0 spiro atoms. The van der Waals surface area contributed by atoms with Crippen LogP contribution in [0.4, 0.5) is 5.69 Å². The maximum atomic E-state index is 11.0. The van der Waals surface area contributed by atoms with Crippen molar-refractivity contribution in [1.29, 1.82) is 0 Å². The van der Waals surface area contributed by atoms with Crippen LogP contribution in [0.3, 0.4) is 0 Å². The van der Waals surface area contributed by atoms with E-state index in [0.29, 0.717) is 18.4 Å². The van der Waals surface area contributed by atoms with Gasteiger partial charge in [0.2, 0.25) is 0 Å². The standard InChI is InChI=1S/C12H14ClNO4/c1-2-3-9(12(15)16)6-8-4-5-10(14(17)18)7-11(8)13/h4-5,7,9H,2-3,6H2,1H3,(H,15,16). The molecule has 1 atom stereocenters. The smallest absolute Gasteiger partial charge is 0.306 e. The van der Waals surface area contributed by atoms with Crippen LogP contribution in [0.1, 0.15) is 25.3 Å². The molecule has 5 nitrogen and oxygen atoms in total. The molecule has 1 rings (SSSR count). The van der Waals surface area contributed by atoms with Gasteiger partial charge in [0.05, 0.1) is 15.9 Å². The summed E-state index contributed by atoms with van der Waals surface area (Å²) in [6.45, 7) is 1.91. The molecule has 0 aliphatic rings. The van der Waals surface area contributed by atoms with Gasteiger partial charge in [-0.15, -0.1) is 0 Å². The number of carboxylic acid groups (broad SMARTS) is 1. The number of halogens is 1. The lowest BCUT2D eigenvalue weighted by molar-refractivity contribution is -0.384. The van der Waals surface area contributed by atoms with E-state index < -0.39 is 16.8 Å². The molecule has 0 saturated heterocycles. The third-order valence-corrected chi connectivity index (χ3v) is 3.05. The van der Waals surface area contributed by atoms with E-state index in [2.05, 4.69) is 0 Å². The average molecular weight is 272 g/mol. The average Bonchev–Trinajstić information content (AvgIpc) is 2.30. The molecule has 1 N–H and O–H groups in total. The fourth-order valence-electron chi connectivity index (χ4n) is 1.74. The second kappa shape index (κ2) is 6.35. The molecule has 0 amide bonds. The van der Waals surface area contributed by atoms with Crippen LogP contribution in [0.2, 0.25) is 5.02 Å². The highest BCUT2D eigenvalue weighted by atomic mass is 35.5. The van der Waals surface area contributed by atoms with E-state index in [4.69, 9.17) is 16.7 Å². The Morgan fingerprint density at radius 3 is 2.67 bits per heavy atom. The van der Waals surface area contributed by atoms with Gasteiger partial charge in [0.15, 0.2) is 0 Å². The SMILES string of the molecule is CCCC(Cc1ccc([N+](=O)[O-])cc1Cl)C(=O)O. The van der Waals surface area contributed by atoms with Gasteiger partial charge < -0.3 is 5.11 Å². The molecule has 0 fully saturated rings. The molecule has 98 valence electrons. The Balaban J connectivity index is 2.90. The zero-order chi connectivity index (χ0) is 13.7. The lowest BCUT2D eigenvalue weighted by Crippen LogP contribution is -2.16. The zero-order valence-corrected chi connectivity index (χ0v) is 10.7. The summed E-state index contributed by atoms with van der Waals surface area (Å²) in [4.78, 5) is 21.0. The Bertz CT molecular complexity index is 461. The first-order chi connectivity index (χ1) is 8.45. The number of carboxylic acids is 1. The Morgan fingerprint density at radius 1 is 1.56 bits per heavy atom. The summed E-state index contributed by atoms with van der Waals surface area (Å²) in [6, 6.07) is 4.11. The summed E-state index contributed by atoms with van der Waals surface area (Å²) in [5, 5.41) is 19.8. The summed E-state index contributed by atoms with van der Waals surface area (Å²) in [5.74, 6) is -1.37. The fraction of sp³-hybridized carbons (Fsp3) is 0.417. The van der Waals surface area contributed by atoms with Crippen LogP contribution in [-0.4, -0.2) is 16.0 Å². The van der Waals surface area contributed by atoms with Gasteiger partial charge in [0, 0.05) is 12.1 Å². The number of hydrogen-bond acceptors (Lipinski definition) is 3. The monoisotopic (exact) mass is 271 g/mol. The van der Waals surface area contributed by atoms with Crippen molar-refractivity contribution in [3.63, 3.8) is 0 Å². The van der Waals surface area contributed by atoms with Crippen LogP contribution in [0.5, 0.6) is 0 Å². The van der Waals surface area contributed by atoms with Gasteiger partial charge in [0.1, 0.15) is 0 Å². The molecular formula is C12H14ClNO4. The van der Waals surface area contributed by atoms with Crippen molar-refractivity contribution in [3.05, 3.63) is 38.9 Å². The molecule has 0 aliphatic carbocycles. The van der Waals surface area contributed by atoms with Gasteiger partial charge in [0.25, 0.3) is 5.69 Å². The van der Waals surface area contributed by atoms with Gasteiger partial charge >= 0.3 is 5.97 Å². The molecular weight excluding hydrogens is 258 g/mol. The lowest BCUT2D eigenvalue weighted by Gasteiger charge is -2.12. The second-order valence-corrected chi connectivity index (χ2v) is 4.47. The van der Waals surface area contributed by atoms with E-state index in [1.54, 1.807) is 0 Å². The van der Waals surface area contributed by atoms with E-state index in [-0.39, 0.29) is 10.7 Å². The van der Waals surface area contributed by atoms with Gasteiger partial charge in [-0.05, 0) is 18.4 Å². The summed E-state index contributed by atoms with van der Waals surface area (Å²) in [5.41, 5.74) is 0.536. The minimum atomic E-state index is -0.869. The highest BCUT2D eigenvalue weighted by Crippen LogP contribution is 2.25. The third-order valence-electron chi connectivity index (χ3n) is 2.70. The van der Waals surface area contributed by atoms with Crippen molar-refractivity contribution in [2.75, 3.05) is 0 Å². The number of non-ortho nitro benzene ring substituents is 1. The molecule has 1 unspecified atom stereocenters. The maximum absolute atomic E-state index is 11.0. The first-order valence-corrected chi connectivity index (χ1v) is 5.99. The largest absolute Gasteiger partial charge is 0.481 e. The molecule has 0 heterocycles. The van der Waals surface area contributed by atoms with E-state index in [0.717, 1.165) is 6.42 Å². The zero-order valence-electron chi connectivity index (χ0n) is 9.93. The van der Waals surface area contributed by atoms with E-state index in [9.17, 15) is 14.9 Å². The summed E-state index contributed by atoms with van der Waals surface area (Å²) < 4.78 is 0. The Morgan fingerprint density at radius 2 is 2.22 bits per heavy atom. The van der Waals surface area contributed by atoms with Crippen LogP contribution >= 0.6 is 11.6 Å². The second-order valence-electron chi connectivity index (χ2n) is 4.06. The number of aliphatic carboxylic acids is 1. The van der Waals surface area contributed by atoms with Crippen molar-refractivity contribution >= 4 is 23.3 Å². The number of nitro benzene ring substituents is 1. The highest BCUT2D eigenvalue weighted by Gasteiger charge is 2.19. The number of carbonyl (C=O) groups is 1. The first-order valence-electron chi connectivity index (χ1n) is 5.61. The minimum absolute atomic E-state index is 0.0916. The first kappa shape index (κ1) is 14.4. The van der Waals surface area contributed by atoms with E-state index >= 15 is 0 Å². The molecule has 0 aliphatic heterocycles. The van der Waals surface area contributed by atoms with Gasteiger partial charge in [-0.1, -0.05) is 31.0 Å². The number of benzene rings is 1. The van der Waals surface area contributed by atoms with Gasteiger partial charge in [-0.3, -0.25) is 14.9 Å². The van der Waals surface area contributed by atoms with Crippen molar-refractivity contribution in [2.24, 2.45) is 5.92 Å². The molecule has 0 aromatic heterocycles. The van der Waals surface area contributed by atoms with Crippen LogP contribution in [0.25, 0.3) is 0 Å². The fourth-order valence-corrected chi connectivity index (χ4v) is 1.99. The van der Waals surface area contributed by atoms with Crippen molar-refractivity contribution in [1.82, 2.24) is 0 Å². The lowest BCUT2D eigenvalue weighted by atomic mass is 9.95. The van der Waals surface area contributed by atoms with Crippen LogP contribution < -0.4 is 0 Å². The van der Waals surface area contributed by atoms with E-state index in [1.165, 1.54) is 18.2 Å². The Hall–Kier alpha value is -1.62. The number of hydrogen-bond donors (Lipinski definition) is 1. The number of nitrogens with zero attached hydrogens (tertiary/aromatic N) is 1. The molecule has 6 heteroatoms. The minimum Gasteiger partial charge on any atom is -0.481 e. The normalized spacial score (nSPS) is 12.1. The quantitative estimate of drug-likeness (QED) is 0.636. The third kappa shape index (κ3) is 3.70. The molecule has 0 bridgehead atoms. The molecule has 1 aromatic rings. The molecule has 0 radical (unpaired) electrons. The number of nitro groups is 1.